The summed E-state index contributed by atoms with van der Waals surface area (Å²) in [6.45, 7) is 0. The molecular weight excluding hydrogens is 394 g/mol. The van der Waals surface area contributed by atoms with Crippen molar-refractivity contribution in [2.45, 2.75) is 11.0 Å². The number of benzene rings is 2. The molecule has 0 spiro atoms. The molecule has 0 radical (unpaired) electrons. The number of hydrogen-bond donors (Lipinski definition) is 0. The van der Waals surface area contributed by atoms with Crippen LogP contribution in [0.2, 0.25) is 0 Å². The zero-order chi connectivity index (χ0) is 20.3. The van der Waals surface area contributed by atoms with Gasteiger partial charge in [0.25, 0.3) is 22.3 Å². The van der Waals surface area contributed by atoms with Crippen LogP contribution in [0.4, 0.5) is 17.1 Å². The summed E-state index contributed by atoms with van der Waals surface area (Å²) >= 11 is 1.02. The number of thioether (sulfide) groups is 1. The van der Waals surface area contributed by atoms with E-state index < -0.39 is 14.8 Å². The molecule has 0 unspecified atom stereocenters. The molecule has 0 fully saturated rings. The summed E-state index contributed by atoms with van der Waals surface area (Å²) in [5.74, 6) is 0.214. The summed E-state index contributed by atoms with van der Waals surface area (Å²) in [6, 6.07) is 8.89. The molecule has 1 aromatic heterocycles. The second-order valence-corrected chi connectivity index (χ2v) is 6.22. The Kier molecular flexibility index (Phi) is 5.26. The van der Waals surface area contributed by atoms with Gasteiger partial charge in [-0.05, 0) is 18.2 Å². The van der Waals surface area contributed by atoms with E-state index in [-0.39, 0.29) is 39.5 Å². The van der Waals surface area contributed by atoms with Crippen LogP contribution in [0.5, 0.6) is 0 Å². The molecule has 0 N–H and O–H groups in total. The molecule has 3 rings (SSSR count). The van der Waals surface area contributed by atoms with Gasteiger partial charge in [0.2, 0.25) is 5.89 Å². The fourth-order valence-corrected chi connectivity index (χ4v) is 2.97. The molecule has 0 atom stereocenters. The van der Waals surface area contributed by atoms with Crippen molar-refractivity contribution in [1.29, 1.82) is 0 Å². The molecule has 0 saturated carbocycles. The van der Waals surface area contributed by atoms with E-state index >= 15 is 0 Å². The topological polar surface area (TPSA) is 168 Å². The lowest BCUT2D eigenvalue weighted by Gasteiger charge is -2.01. The minimum absolute atomic E-state index is 0.0796. The highest BCUT2D eigenvalue weighted by atomic mass is 32.2. The average molecular weight is 403 g/mol. The Morgan fingerprint density at radius 2 is 1.50 bits per heavy atom. The second-order valence-electron chi connectivity index (χ2n) is 5.29. The quantitative estimate of drug-likeness (QED) is 0.321. The van der Waals surface area contributed by atoms with E-state index in [4.69, 9.17) is 4.42 Å². The molecule has 0 aliphatic carbocycles. The molecule has 28 heavy (non-hydrogen) atoms. The van der Waals surface area contributed by atoms with E-state index in [1.807, 2.05) is 0 Å². The molecule has 0 aliphatic heterocycles. The Morgan fingerprint density at radius 3 is 2.11 bits per heavy atom. The van der Waals surface area contributed by atoms with Crippen molar-refractivity contribution in [1.82, 2.24) is 10.2 Å². The van der Waals surface area contributed by atoms with Crippen molar-refractivity contribution in [3.8, 4) is 11.5 Å². The van der Waals surface area contributed by atoms with Crippen molar-refractivity contribution in [3.05, 3.63) is 78.4 Å². The SMILES string of the molecule is O=[N+]([O-])c1ccc(-c2nnc(SCc3ccc([N+](=O)[O-])cc3[N+](=O)[O-])o2)cc1. The third-order valence-corrected chi connectivity index (χ3v) is 4.43. The number of hydrogen-bond acceptors (Lipinski definition) is 10. The molecule has 3 aromatic rings. The van der Waals surface area contributed by atoms with E-state index in [0.717, 1.165) is 17.8 Å². The maximum atomic E-state index is 11.1. The smallest absolute Gasteiger partial charge is 0.280 e. The van der Waals surface area contributed by atoms with Crippen molar-refractivity contribution < 1.29 is 19.2 Å². The van der Waals surface area contributed by atoms with Crippen molar-refractivity contribution in [2.75, 3.05) is 0 Å². The van der Waals surface area contributed by atoms with Gasteiger partial charge in [-0.1, -0.05) is 11.8 Å². The number of nitro groups is 3. The summed E-state index contributed by atoms with van der Waals surface area (Å²) in [7, 11) is 0. The first kappa shape index (κ1) is 18.9. The summed E-state index contributed by atoms with van der Waals surface area (Å²) in [5, 5.41) is 40.4. The number of nitrogens with zero attached hydrogens (tertiary/aromatic N) is 5. The molecule has 0 amide bonds. The monoisotopic (exact) mass is 403 g/mol. The van der Waals surface area contributed by atoms with E-state index in [1.165, 1.54) is 36.4 Å². The van der Waals surface area contributed by atoms with Crippen LogP contribution in [0, 0.1) is 30.3 Å². The third kappa shape index (κ3) is 4.09. The lowest BCUT2D eigenvalue weighted by molar-refractivity contribution is -0.394. The summed E-state index contributed by atoms with van der Waals surface area (Å²) in [4.78, 5) is 30.7. The Bertz CT molecular complexity index is 1070. The number of nitro benzene ring substituents is 3. The van der Waals surface area contributed by atoms with Crippen LogP contribution in [0.25, 0.3) is 11.5 Å². The first-order valence-electron chi connectivity index (χ1n) is 7.48. The lowest BCUT2D eigenvalue weighted by atomic mass is 10.2. The van der Waals surface area contributed by atoms with Gasteiger partial charge in [0.05, 0.1) is 20.8 Å². The van der Waals surface area contributed by atoms with Crippen LogP contribution < -0.4 is 0 Å². The minimum atomic E-state index is -0.710. The van der Waals surface area contributed by atoms with Gasteiger partial charge in [-0.3, -0.25) is 30.3 Å². The predicted octanol–water partition coefficient (Wildman–Crippen LogP) is 3.75. The van der Waals surface area contributed by atoms with Crippen molar-refractivity contribution in [3.63, 3.8) is 0 Å². The highest BCUT2D eigenvalue weighted by Gasteiger charge is 2.20. The summed E-state index contributed by atoms with van der Waals surface area (Å²) in [6.07, 6.45) is 0. The first-order chi connectivity index (χ1) is 13.3. The maximum absolute atomic E-state index is 11.1. The molecule has 12 nitrogen and oxygen atoms in total. The molecule has 142 valence electrons. The van der Waals surface area contributed by atoms with Gasteiger partial charge in [-0.2, -0.15) is 0 Å². The molecule has 2 aromatic carbocycles. The predicted molar refractivity (Wildman–Crippen MR) is 95.7 cm³/mol. The Morgan fingerprint density at radius 1 is 0.857 bits per heavy atom. The largest absolute Gasteiger partial charge is 0.411 e. The van der Waals surface area contributed by atoms with Crippen LogP contribution in [0.3, 0.4) is 0 Å². The van der Waals surface area contributed by atoms with Crippen LogP contribution in [-0.4, -0.2) is 25.0 Å². The minimum Gasteiger partial charge on any atom is -0.411 e. The second kappa shape index (κ2) is 7.79. The van der Waals surface area contributed by atoms with E-state index in [9.17, 15) is 30.3 Å². The summed E-state index contributed by atoms with van der Waals surface area (Å²) in [5.41, 5.74) is -0.0965. The zero-order valence-electron chi connectivity index (χ0n) is 13.8. The number of non-ortho nitro benzene ring substituents is 2. The first-order valence-corrected chi connectivity index (χ1v) is 8.46. The van der Waals surface area contributed by atoms with Crippen LogP contribution in [0.1, 0.15) is 5.56 Å². The highest BCUT2D eigenvalue weighted by Crippen LogP contribution is 2.31. The Balaban J connectivity index is 1.75. The van der Waals surface area contributed by atoms with Gasteiger partial charge < -0.3 is 4.42 Å². The van der Waals surface area contributed by atoms with Crippen LogP contribution in [-0.2, 0) is 5.75 Å². The zero-order valence-corrected chi connectivity index (χ0v) is 14.6. The van der Waals surface area contributed by atoms with Crippen LogP contribution in [0.15, 0.2) is 52.1 Å². The number of aromatic nitrogens is 2. The third-order valence-electron chi connectivity index (χ3n) is 3.56. The average Bonchev–Trinajstić information content (AvgIpc) is 3.15. The van der Waals surface area contributed by atoms with Gasteiger partial charge in [0, 0.05) is 35.1 Å². The lowest BCUT2D eigenvalue weighted by Crippen LogP contribution is -1.97. The molecular formula is C15H9N5O7S. The maximum Gasteiger partial charge on any atom is 0.280 e. The van der Waals surface area contributed by atoms with Gasteiger partial charge >= 0.3 is 0 Å². The summed E-state index contributed by atoms with van der Waals surface area (Å²) < 4.78 is 5.45. The molecule has 0 bridgehead atoms. The fourth-order valence-electron chi connectivity index (χ4n) is 2.21. The van der Waals surface area contributed by atoms with Crippen molar-refractivity contribution in [2.24, 2.45) is 0 Å². The van der Waals surface area contributed by atoms with Gasteiger partial charge in [0.15, 0.2) is 0 Å². The molecule has 0 aliphatic rings. The molecule has 1 heterocycles. The highest BCUT2D eigenvalue weighted by molar-refractivity contribution is 7.98. The van der Waals surface area contributed by atoms with E-state index in [0.29, 0.717) is 5.56 Å². The van der Waals surface area contributed by atoms with Gasteiger partial charge in [-0.15, -0.1) is 10.2 Å². The number of rotatable bonds is 7. The Labute approximate surface area is 159 Å². The van der Waals surface area contributed by atoms with Crippen molar-refractivity contribution >= 4 is 28.8 Å². The van der Waals surface area contributed by atoms with Crippen LogP contribution >= 0.6 is 11.8 Å². The normalized spacial score (nSPS) is 10.6. The van der Waals surface area contributed by atoms with E-state index in [2.05, 4.69) is 10.2 Å². The Hall–Kier alpha value is -3.87. The fraction of sp³-hybridized carbons (Fsp3) is 0.0667. The van der Waals surface area contributed by atoms with Gasteiger partial charge in [-0.25, -0.2) is 0 Å². The molecule has 13 heteroatoms. The van der Waals surface area contributed by atoms with E-state index in [1.54, 1.807) is 0 Å². The standard InChI is InChI=1S/C15H9N5O7S/c21-18(22)11-4-1-9(2-5-11)14-16-17-15(27-14)28-8-10-3-6-12(19(23)24)7-13(10)20(25)26/h1-7H,8H2. The molecule has 0 saturated heterocycles. The van der Waals surface area contributed by atoms with Gasteiger partial charge in [0.1, 0.15) is 0 Å².